The number of ether oxygens (including phenoxy) is 4. The maximum atomic E-state index is 9.35. The second-order valence-electron chi connectivity index (χ2n) is 14.8. The Hall–Kier alpha value is -4.91. The molecule has 2 fully saturated rings. The largest absolute Gasteiger partial charge is 0.493 e. The number of aromatic nitrogens is 1. The molecule has 2 aliphatic rings. The number of morpholine rings is 1. The Bertz CT molecular complexity index is 2110. The lowest BCUT2D eigenvalue weighted by Gasteiger charge is -2.33. The van der Waals surface area contributed by atoms with Gasteiger partial charge < -0.3 is 18.9 Å². The van der Waals surface area contributed by atoms with Crippen molar-refractivity contribution in [2.24, 2.45) is 0 Å². The first kappa shape index (κ1) is 39.3. The van der Waals surface area contributed by atoms with Crippen molar-refractivity contribution in [1.29, 1.82) is 5.26 Å². The highest BCUT2D eigenvalue weighted by molar-refractivity contribution is 6.32. The van der Waals surface area contributed by atoms with Gasteiger partial charge in [-0.15, -0.1) is 0 Å². The maximum absolute atomic E-state index is 9.35. The van der Waals surface area contributed by atoms with Gasteiger partial charge in [0.25, 0.3) is 0 Å². The van der Waals surface area contributed by atoms with Gasteiger partial charge in [0.1, 0.15) is 36.5 Å². The summed E-state index contributed by atoms with van der Waals surface area (Å²) in [5, 5.41) is 9.91. The lowest BCUT2D eigenvalue weighted by molar-refractivity contribution is -0.0310. The molecule has 7 rings (SSSR count). The first-order chi connectivity index (χ1) is 27.4. The number of benzene rings is 4. The van der Waals surface area contributed by atoms with E-state index >= 15 is 0 Å². The molecule has 1 unspecified atom stereocenters. The average molecular weight is 771 g/mol. The smallest absolute Gasteiger partial charge is 0.142 e. The van der Waals surface area contributed by atoms with E-state index in [-0.39, 0.29) is 12.7 Å². The number of halogens is 1. The van der Waals surface area contributed by atoms with Crippen molar-refractivity contribution < 1.29 is 18.9 Å². The van der Waals surface area contributed by atoms with Gasteiger partial charge in [-0.05, 0) is 97.8 Å². The van der Waals surface area contributed by atoms with Crippen molar-refractivity contribution in [3.63, 3.8) is 0 Å². The fraction of sp³-hybridized carbons (Fsp3) is 0.362. The molecule has 1 aromatic heterocycles. The lowest BCUT2D eigenvalue weighted by Crippen LogP contribution is -2.39. The van der Waals surface area contributed by atoms with Crippen molar-refractivity contribution in [2.45, 2.75) is 65.4 Å². The van der Waals surface area contributed by atoms with Crippen molar-refractivity contribution >= 4 is 11.6 Å². The van der Waals surface area contributed by atoms with E-state index in [0.29, 0.717) is 29.5 Å². The minimum atomic E-state index is 0.121. The topological polar surface area (TPSA) is 80.1 Å². The van der Waals surface area contributed by atoms with Gasteiger partial charge in [0, 0.05) is 55.8 Å². The molecule has 0 radical (unpaired) electrons. The van der Waals surface area contributed by atoms with Crippen LogP contribution in [0.3, 0.4) is 0 Å². The van der Waals surface area contributed by atoms with Crippen LogP contribution in [0.5, 0.6) is 17.2 Å². The van der Waals surface area contributed by atoms with Crippen molar-refractivity contribution in [2.75, 3.05) is 45.9 Å². The Morgan fingerprint density at radius 2 is 1.55 bits per heavy atom. The quantitative estimate of drug-likeness (QED) is 0.0974. The second-order valence-corrected chi connectivity index (χ2v) is 15.2. The van der Waals surface area contributed by atoms with Crippen LogP contribution in [0, 0.1) is 25.2 Å². The van der Waals surface area contributed by atoms with Crippen LogP contribution in [0.1, 0.15) is 70.7 Å². The predicted octanol–water partition coefficient (Wildman–Crippen LogP) is 9.88. The molecule has 4 aromatic carbocycles. The number of hydrogen-bond donors (Lipinski definition) is 0. The summed E-state index contributed by atoms with van der Waals surface area (Å²) in [7, 11) is 0. The van der Waals surface area contributed by atoms with E-state index in [9.17, 15) is 5.26 Å². The normalized spacial score (nSPS) is 16.3. The Morgan fingerprint density at radius 3 is 2.38 bits per heavy atom. The molecule has 0 spiro atoms. The van der Waals surface area contributed by atoms with Crippen LogP contribution in [-0.2, 0) is 24.5 Å². The van der Waals surface area contributed by atoms with Gasteiger partial charge in [0.2, 0.25) is 0 Å². The van der Waals surface area contributed by atoms with Gasteiger partial charge >= 0.3 is 0 Å². The van der Waals surface area contributed by atoms with E-state index in [1.807, 2.05) is 18.2 Å². The molecule has 0 aliphatic carbocycles. The molecule has 2 aliphatic heterocycles. The number of rotatable bonds is 15. The second kappa shape index (κ2) is 19.3. The zero-order valence-corrected chi connectivity index (χ0v) is 33.3. The monoisotopic (exact) mass is 770 g/mol. The summed E-state index contributed by atoms with van der Waals surface area (Å²) in [5.41, 5.74) is 9.21. The third-order valence-corrected chi connectivity index (χ3v) is 11.2. The number of pyridine rings is 1. The van der Waals surface area contributed by atoms with Crippen LogP contribution in [0.15, 0.2) is 97.3 Å². The molecule has 56 heavy (non-hydrogen) atoms. The first-order valence-corrected chi connectivity index (χ1v) is 20.2. The standard InChI is InChI=1S/C47H51ClN4O4/c1-34-39(33-56-46-26-45(55-32-37-24-36(27-49)28-50-29-37)40(25-43(46)48)30-51-18-7-4-8-19-51)14-9-15-41(34)42-16-10-17-44(35(42)2)53-22-11-20-52-21-23-54-47(31-52)38-12-5-3-6-13-38/h3,5-6,9-10,12-17,24-26,28-29,47H,4,7-8,11,18-23,30-33H2,1-2H3. The Morgan fingerprint density at radius 1 is 0.768 bits per heavy atom. The number of hydrogen-bond acceptors (Lipinski definition) is 8. The van der Waals surface area contributed by atoms with Gasteiger partial charge in [-0.1, -0.05) is 78.7 Å². The summed E-state index contributed by atoms with van der Waals surface area (Å²) in [6, 6.07) is 31.0. The average Bonchev–Trinajstić information content (AvgIpc) is 3.23. The fourth-order valence-corrected chi connectivity index (χ4v) is 7.93. The number of likely N-dealkylation sites (tertiary alicyclic amines) is 1. The van der Waals surface area contributed by atoms with Crippen LogP contribution in [-0.4, -0.2) is 60.7 Å². The van der Waals surface area contributed by atoms with Gasteiger partial charge in [0.05, 0.1) is 29.9 Å². The fourth-order valence-electron chi connectivity index (χ4n) is 7.69. The predicted molar refractivity (Wildman–Crippen MR) is 221 cm³/mol. The van der Waals surface area contributed by atoms with E-state index < -0.39 is 0 Å². The van der Waals surface area contributed by atoms with E-state index in [4.69, 9.17) is 30.5 Å². The molecule has 1 atom stereocenters. The lowest BCUT2D eigenvalue weighted by atomic mass is 9.93. The van der Waals surface area contributed by atoms with E-state index in [0.717, 1.165) is 103 Å². The van der Waals surface area contributed by atoms with Gasteiger partial charge in [-0.2, -0.15) is 5.26 Å². The molecular weight excluding hydrogens is 720 g/mol. The van der Waals surface area contributed by atoms with Gasteiger partial charge in [-0.25, -0.2) is 0 Å². The molecule has 0 amide bonds. The minimum absolute atomic E-state index is 0.121. The zero-order chi connectivity index (χ0) is 38.7. The van der Waals surface area contributed by atoms with Crippen LogP contribution in [0.4, 0.5) is 0 Å². The van der Waals surface area contributed by atoms with Crippen LogP contribution < -0.4 is 14.2 Å². The highest BCUT2D eigenvalue weighted by Crippen LogP contribution is 2.37. The Kier molecular flexibility index (Phi) is 13.6. The molecule has 3 heterocycles. The highest BCUT2D eigenvalue weighted by Gasteiger charge is 2.22. The molecule has 0 bridgehead atoms. The van der Waals surface area contributed by atoms with E-state index in [1.165, 1.54) is 24.8 Å². The van der Waals surface area contributed by atoms with Crippen molar-refractivity contribution in [3.8, 4) is 34.4 Å². The Balaban J connectivity index is 1.00. The summed E-state index contributed by atoms with van der Waals surface area (Å²) in [4.78, 5) is 9.12. The maximum Gasteiger partial charge on any atom is 0.142 e. The third-order valence-electron chi connectivity index (χ3n) is 10.9. The van der Waals surface area contributed by atoms with Crippen LogP contribution >= 0.6 is 11.6 Å². The van der Waals surface area contributed by atoms with Gasteiger partial charge in [-0.3, -0.25) is 14.8 Å². The van der Waals surface area contributed by atoms with Gasteiger partial charge in [0.15, 0.2) is 0 Å². The molecule has 9 heteroatoms. The molecule has 290 valence electrons. The molecule has 8 nitrogen and oxygen atoms in total. The summed E-state index contributed by atoms with van der Waals surface area (Å²) in [6.45, 7) is 12.0. The molecule has 2 saturated heterocycles. The van der Waals surface area contributed by atoms with E-state index in [1.54, 1.807) is 18.5 Å². The number of nitrogens with zero attached hydrogens (tertiary/aromatic N) is 4. The van der Waals surface area contributed by atoms with Crippen LogP contribution in [0.2, 0.25) is 5.02 Å². The molecule has 0 N–H and O–H groups in total. The van der Waals surface area contributed by atoms with Crippen molar-refractivity contribution in [1.82, 2.24) is 14.8 Å². The van der Waals surface area contributed by atoms with Crippen molar-refractivity contribution in [3.05, 3.63) is 141 Å². The summed E-state index contributed by atoms with van der Waals surface area (Å²) in [6.07, 6.45) is 8.00. The first-order valence-electron chi connectivity index (χ1n) is 19.8. The number of piperidine rings is 1. The van der Waals surface area contributed by atoms with E-state index in [2.05, 4.69) is 95.4 Å². The summed E-state index contributed by atoms with van der Waals surface area (Å²) < 4.78 is 25.3. The molecular formula is C47H51ClN4O4. The third kappa shape index (κ3) is 10.1. The Labute approximate surface area is 336 Å². The highest BCUT2D eigenvalue weighted by atomic mass is 35.5. The molecule has 5 aromatic rings. The number of nitriles is 1. The SMILES string of the molecule is Cc1c(COc2cc(OCc3cncc(C#N)c3)c(CN3CCCCC3)cc2Cl)cccc1-c1cccc(OCCCN2CCOC(c3ccccc3)C2)c1C. The zero-order valence-electron chi connectivity index (χ0n) is 32.5. The summed E-state index contributed by atoms with van der Waals surface area (Å²) >= 11 is 6.91. The molecule has 0 saturated carbocycles. The minimum Gasteiger partial charge on any atom is -0.493 e. The summed E-state index contributed by atoms with van der Waals surface area (Å²) in [5.74, 6) is 2.19. The van der Waals surface area contributed by atoms with Crippen LogP contribution in [0.25, 0.3) is 11.1 Å².